The Balaban J connectivity index is 1.69. The fourth-order valence-corrected chi connectivity index (χ4v) is 3.19. The van der Waals surface area contributed by atoms with E-state index in [9.17, 15) is 4.79 Å². The Morgan fingerprint density at radius 1 is 1.21 bits per heavy atom. The maximum atomic E-state index is 12.0. The number of likely N-dealkylation sites (N-methyl/N-ethyl adjacent to an activating group) is 1. The fraction of sp³-hybridized carbons (Fsp3) is 0.933. The van der Waals surface area contributed by atoms with E-state index in [-0.39, 0.29) is 6.04 Å². The SMILES string of the molecule is CC(C)CNCC1CCN(C2CCN(C)C2=O)CC1. The molecule has 2 saturated heterocycles. The molecule has 0 spiro atoms. The van der Waals surface area contributed by atoms with Gasteiger partial charge in [-0.15, -0.1) is 0 Å². The molecule has 4 heteroatoms. The maximum Gasteiger partial charge on any atom is 0.239 e. The second-order valence-corrected chi connectivity index (χ2v) is 6.60. The Labute approximate surface area is 117 Å². The zero-order valence-electron chi connectivity index (χ0n) is 12.7. The summed E-state index contributed by atoms with van der Waals surface area (Å²) in [5, 5.41) is 3.56. The molecule has 2 rings (SSSR count). The van der Waals surface area contributed by atoms with Crippen molar-refractivity contribution in [2.24, 2.45) is 11.8 Å². The van der Waals surface area contributed by atoms with Gasteiger partial charge in [0.2, 0.25) is 5.91 Å². The van der Waals surface area contributed by atoms with Gasteiger partial charge in [0.1, 0.15) is 0 Å². The zero-order chi connectivity index (χ0) is 13.8. The molecule has 1 amide bonds. The average Bonchev–Trinajstić information content (AvgIpc) is 2.71. The van der Waals surface area contributed by atoms with Gasteiger partial charge in [0.05, 0.1) is 6.04 Å². The summed E-state index contributed by atoms with van der Waals surface area (Å²) in [6.07, 6.45) is 3.49. The largest absolute Gasteiger partial charge is 0.344 e. The number of rotatable bonds is 5. The number of amides is 1. The summed E-state index contributed by atoms with van der Waals surface area (Å²) >= 11 is 0. The van der Waals surface area contributed by atoms with Crippen molar-refractivity contribution in [3.05, 3.63) is 0 Å². The minimum Gasteiger partial charge on any atom is -0.344 e. The Morgan fingerprint density at radius 3 is 2.42 bits per heavy atom. The zero-order valence-corrected chi connectivity index (χ0v) is 12.7. The van der Waals surface area contributed by atoms with Gasteiger partial charge < -0.3 is 10.2 Å². The fourth-order valence-electron chi connectivity index (χ4n) is 3.19. The van der Waals surface area contributed by atoms with E-state index in [1.807, 2.05) is 11.9 Å². The summed E-state index contributed by atoms with van der Waals surface area (Å²) < 4.78 is 0. The van der Waals surface area contributed by atoms with Gasteiger partial charge in [-0.1, -0.05) is 13.8 Å². The molecule has 2 aliphatic rings. The first-order valence-electron chi connectivity index (χ1n) is 7.77. The summed E-state index contributed by atoms with van der Waals surface area (Å²) in [5.74, 6) is 1.85. The molecule has 2 aliphatic heterocycles. The summed E-state index contributed by atoms with van der Waals surface area (Å²) in [4.78, 5) is 16.3. The van der Waals surface area contributed by atoms with Crippen molar-refractivity contribution in [2.45, 2.75) is 39.2 Å². The van der Waals surface area contributed by atoms with Gasteiger partial charge in [0, 0.05) is 13.6 Å². The number of nitrogens with one attached hydrogen (secondary N) is 1. The number of carbonyl (C=O) groups excluding carboxylic acids is 1. The standard InChI is InChI=1S/C15H29N3O/c1-12(2)10-16-11-13-4-8-18(9-5-13)14-6-7-17(3)15(14)19/h12-14,16H,4-11H2,1-3H3. The Morgan fingerprint density at radius 2 is 1.89 bits per heavy atom. The summed E-state index contributed by atoms with van der Waals surface area (Å²) in [6.45, 7) is 9.88. The van der Waals surface area contributed by atoms with Crippen LogP contribution in [-0.4, -0.2) is 61.5 Å². The van der Waals surface area contributed by atoms with Crippen LogP contribution in [0.15, 0.2) is 0 Å². The number of likely N-dealkylation sites (tertiary alicyclic amines) is 2. The first kappa shape index (κ1) is 14.8. The normalized spacial score (nSPS) is 26.6. The van der Waals surface area contributed by atoms with Crippen molar-refractivity contribution < 1.29 is 4.79 Å². The van der Waals surface area contributed by atoms with Crippen molar-refractivity contribution in [3.63, 3.8) is 0 Å². The number of carbonyl (C=O) groups is 1. The molecule has 0 bridgehead atoms. The van der Waals surface area contributed by atoms with E-state index in [4.69, 9.17) is 0 Å². The highest BCUT2D eigenvalue weighted by molar-refractivity contribution is 5.83. The van der Waals surface area contributed by atoms with Crippen molar-refractivity contribution in [3.8, 4) is 0 Å². The highest BCUT2D eigenvalue weighted by atomic mass is 16.2. The first-order chi connectivity index (χ1) is 9.08. The third kappa shape index (κ3) is 3.93. The highest BCUT2D eigenvalue weighted by Crippen LogP contribution is 2.23. The molecule has 4 nitrogen and oxygen atoms in total. The minimum atomic E-state index is 0.176. The third-order valence-corrected chi connectivity index (χ3v) is 4.47. The van der Waals surface area contributed by atoms with E-state index in [0.717, 1.165) is 51.0 Å². The molecule has 1 atom stereocenters. The van der Waals surface area contributed by atoms with Crippen LogP contribution in [0.2, 0.25) is 0 Å². The summed E-state index contributed by atoms with van der Waals surface area (Å²) in [7, 11) is 1.92. The van der Waals surface area contributed by atoms with Gasteiger partial charge in [-0.2, -0.15) is 0 Å². The molecular weight excluding hydrogens is 238 g/mol. The van der Waals surface area contributed by atoms with Crippen molar-refractivity contribution in [1.82, 2.24) is 15.1 Å². The number of hydrogen-bond donors (Lipinski definition) is 1. The lowest BCUT2D eigenvalue weighted by Gasteiger charge is -2.35. The summed E-state index contributed by atoms with van der Waals surface area (Å²) in [5.41, 5.74) is 0. The van der Waals surface area contributed by atoms with Crippen LogP contribution in [0.25, 0.3) is 0 Å². The molecule has 0 aromatic heterocycles. The molecule has 19 heavy (non-hydrogen) atoms. The van der Waals surface area contributed by atoms with Crippen LogP contribution < -0.4 is 5.32 Å². The quantitative estimate of drug-likeness (QED) is 0.812. The van der Waals surface area contributed by atoms with Crippen LogP contribution in [0.1, 0.15) is 33.1 Å². The number of hydrogen-bond acceptors (Lipinski definition) is 3. The predicted molar refractivity (Wildman–Crippen MR) is 78.0 cm³/mol. The Bertz CT molecular complexity index is 298. The molecule has 0 aromatic carbocycles. The van der Waals surface area contributed by atoms with Gasteiger partial charge in [-0.3, -0.25) is 9.69 Å². The van der Waals surface area contributed by atoms with E-state index >= 15 is 0 Å². The lowest BCUT2D eigenvalue weighted by Crippen LogP contribution is -2.46. The smallest absolute Gasteiger partial charge is 0.239 e. The highest BCUT2D eigenvalue weighted by Gasteiger charge is 2.35. The number of nitrogens with zero attached hydrogens (tertiary/aromatic N) is 2. The first-order valence-corrected chi connectivity index (χ1v) is 7.77. The summed E-state index contributed by atoms with van der Waals surface area (Å²) in [6, 6.07) is 0.176. The lowest BCUT2D eigenvalue weighted by molar-refractivity contribution is -0.131. The van der Waals surface area contributed by atoms with Crippen LogP contribution in [0, 0.1) is 11.8 Å². The van der Waals surface area contributed by atoms with E-state index in [2.05, 4.69) is 24.1 Å². The van der Waals surface area contributed by atoms with Crippen LogP contribution in [0.3, 0.4) is 0 Å². The van der Waals surface area contributed by atoms with Crippen LogP contribution in [-0.2, 0) is 4.79 Å². The third-order valence-electron chi connectivity index (χ3n) is 4.47. The molecule has 2 fully saturated rings. The Hall–Kier alpha value is -0.610. The van der Waals surface area contributed by atoms with Crippen LogP contribution >= 0.6 is 0 Å². The van der Waals surface area contributed by atoms with E-state index in [0.29, 0.717) is 5.91 Å². The van der Waals surface area contributed by atoms with Crippen molar-refractivity contribution in [1.29, 1.82) is 0 Å². The molecule has 1 unspecified atom stereocenters. The Kier molecular flexibility index (Phi) is 5.22. The topological polar surface area (TPSA) is 35.6 Å². The molecule has 0 radical (unpaired) electrons. The van der Waals surface area contributed by atoms with E-state index in [1.54, 1.807) is 0 Å². The van der Waals surface area contributed by atoms with Crippen LogP contribution in [0.5, 0.6) is 0 Å². The van der Waals surface area contributed by atoms with E-state index in [1.165, 1.54) is 12.8 Å². The van der Waals surface area contributed by atoms with Gasteiger partial charge in [-0.05, 0) is 57.3 Å². The maximum absolute atomic E-state index is 12.0. The second kappa shape index (κ2) is 6.71. The molecule has 0 aliphatic carbocycles. The average molecular weight is 267 g/mol. The van der Waals surface area contributed by atoms with Gasteiger partial charge >= 0.3 is 0 Å². The minimum absolute atomic E-state index is 0.176. The van der Waals surface area contributed by atoms with Crippen molar-refractivity contribution in [2.75, 3.05) is 39.8 Å². The molecule has 2 heterocycles. The van der Waals surface area contributed by atoms with Crippen LogP contribution in [0.4, 0.5) is 0 Å². The second-order valence-electron chi connectivity index (χ2n) is 6.60. The van der Waals surface area contributed by atoms with Gasteiger partial charge in [0.25, 0.3) is 0 Å². The number of piperidine rings is 1. The monoisotopic (exact) mass is 267 g/mol. The predicted octanol–water partition coefficient (Wildman–Crippen LogP) is 1.17. The van der Waals surface area contributed by atoms with E-state index < -0.39 is 0 Å². The molecule has 0 saturated carbocycles. The van der Waals surface area contributed by atoms with Gasteiger partial charge in [0.15, 0.2) is 0 Å². The molecular formula is C15H29N3O. The van der Waals surface area contributed by atoms with Gasteiger partial charge in [-0.25, -0.2) is 0 Å². The van der Waals surface area contributed by atoms with Crippen molar-refractivity contribution >= 4 is 5.91 Å². The molecule has 0 aromatic rings. The molecule has 110 valence electrons. The molecule has 1 N–H and O–H groups in total. The lowest BCUT2D eigenvalue weighted by atomic mass is 9.95.